The number of hydrogen-bond acceptors (Lipinski definition) is 6. The fourth-order valence-corrected chi connectivity index (χ4v) is 3.96. The molecule has 30 heavy (non-hydrogen) atoms. The fraction of sp³-hybridized carbons (Fsp3) is 0.400. The van der Waals surface area contributed by atoms with Crippen LogP contribution in [0.15, 0.2) is 28.9 Å². The van der Waals surface area contributed by atoms with Gasteiger partial charge in [0.15, 0.2) is 5.65 Å². The molecule has 0 saturated carbocycles. The second-order valence-corrected chi connectivity index (χ2v) is 8.02. The van der Waals surface area contributed by atoms with Crippen molar-refractivity contribution < 1.29 is 4.79 Å². The second kappa shape index (κ2) is 9.72. The SMILES string of the molecule is CCCn1cc2c(C3C(=O)Nc4ccc(Br)cc43)nc(NCCCNC)nc2n1.Cl. The summed E-state index contributed by atoms with van der Waals surface area (Å²) in [6.07, 6.45) is 3.85. The maximum atomic E-state index is 12.9. The molecular weight excluding hydrogens is 470 g/mol. The quantitative estimate of drug-likeness (QED) is 0.415. The molecule has 4 rings (SSSR count). The van der Waals surface area contributed by atoms with Crippen molar-refractivity contribution >= 4 is 56.9 Å². The van der Waals surface area contributed by atoms with Crippen LogP contribution in [0.2, 0.25) is 0 Å². The molecule has 3 aromatic rings. The molecule has 1 atom stereocenters. The number of anilines is 2. The lowest BCUT2D eigenvalue weighted by molar-refractivity contribution is -0.116. The molecule has 3 heterocycles. The predicted molar refractivity (Wildman–Crippen MR) is 125 cm³/mol. The summed E-state index contributed by atoms with van der Waals surface area (Å²) in [5.74, 6) is -0.0748. The van der Waals surface area contributed by atoms with Gasteiger partial charge >= 0.3 is 0 Å². The molecule has 1 amide bonds. The van der Waals surface area contributed by atoms with Crippen LogP contribution in [0.1, 0.15) is 36.9 Å². The maximum absolute atomic E-state index is 12.9. The second-order valence-electron chi connectivity index (χ2n) is 7.10. The van der Waals surface area contributed by atoms with E-state index in [1.165, 1.54) is 0 Å². The lowest BCUT2D eigenvalue weighted by Crippen LogP contribution is -2.17. The van der Waals surface area contributed by atoms with Gasteiger partial charge in [-0.05, 0) is 50.2 Å². The van der Waals surface area contributed by atoms with Crippen molar-refractivity contribution in [3.8, 4) is 0 Å². The highest BCUT2D eigenvalue weighted by atomic mass is 79.9. The van der Waals surface area contributed by atoms with Crippen LogP contribution >= 0.6 is 28.3 Å². The summed E-state index contributed by atoms with van der Waals surface area (Å²) in [5, 5.41) is 14.8. The van der Waals surface area contributed by atoms with Crippen molar-refractivity contribution in [3.63, 3.8) is 0 Å². The number of carbonyl (C=O) groups is 1. The van der Waals surface area contributed by atoms with E-state index in [2.05, 4.69) is 48.9 Å². The zero-order valence-corrected chi connectivity index (χ0v) is 19.3. The van der Waals surface area contributed by atoms with E-state index in [0.29, 0.717) is 17.3 Å². The largest absolute Gasteiger partial charge is 0.354 e. The monoisotopic (exact) mass is 493 g/mol. The first kappa shape index (κ1) is 22.5. The molecule has 0 spiro atoms. The van der Waals surface area contributed by atoms with Gasteiger partial charge in [-0.15, -0.1) is 12.4 Å². The van der Waals surface area contributed by atoms with Gasteiger partial charge in [-0.25, -0.2) is 4.98 Å². The number of benzene rings is 1. The normalized spacial score (nSPS) is 15.0. The van der Waals surface area contributed by atoms with Gasteiger partial charge in [0.2, 0.25) is 11.9 Å². The summed E-state index contributed by atoms with van der Waals surface area (Å²) in [5.41, 5.74) is 3.02. The molecule has 10 heteroatoms. The smallest absolute Gasteiger partial charge is 0.238 e. The van der Waals surface area contributed by atoms with Crippen molar-refractivity contribution in [1.82, 2.24) is 25.1 Å². The van der Waals surface area contributed by atoms with Crippen molar-refractivity contribution in [1.29, 1.82) is 0 Å². The molecule has 8 nitrogen and oxygen atoms in total. The maximum Gasteiger partial charge on any atom is 0.238 e. The molecule has 0 saturated heterocycles. The Morgan fingerprint density at radius 3 is 2.87 bits per heavy atom. The number of halogens is 2. The molecule has 0 aliphatic carbocycles. The zero-order chi connectivity index (χ0) is 20.4. The fourth-order valence-electron chi connectivity index (χ4n) is 3.59. The number of rotatable bonds is 8. The molecule has 1 aliphatic rings. The summed E-state index contributed by atoms with van der Waals surface area (Å²) in [7, 11) is 1.93. The van der Waals surface area contributed by atoms with E-state index in [9.17, 15) is 4.79 Å². The predicted octanol–water partition coefficient (Wildman–Crippen LogP) is 3.53. The van der Waals surface area contributed by atoms with E-state index in [1.807, 2.05) is 36.1 Å². The molecular formula is C20H25BrClN7O. The first-order valence-corrected chi connectivity index (χ1v) is 10.6. The van der Waals surface area contributed by atoms with E-state index >= 15 is 0 Å². The van der Waals surface area contributed by atoms with E-state index in [-0.39, 0.29) is 18.3 Å². The number of nitrogens with one attached hydrogen (secondary N) is 3. The summed E-state index contributed by atoms with van der Waals surface area (Å²) in [4.78, 5) is 22.2. The highest BCUT2D eigenvalue weighted by Crippen LogP contribution is 2.40. The van der Waals surface area contributed by atoms with Crippen LogP contribution in [-0.2, 0) is 11.3 Å². The molecule has 1 aromatic carbocycles. The number of amides is 1. The molecule has 1 unspecified atom stereocenters. The minimum Gasteiger partial charge on any atom is -0.354 e. The van der Waals surface area contributed by atoms with Crippen molar-refractivity contribution in [3.05, 3.63) is 40.1 Å². The van der Waals surface area contributed by atoms with Crippen LogP contribution in [0, 0.1) is 0 Å². The highest BCUT2D eigenvalue weighted by molar-refractivity contribution is 9.10. The Morgan fingerprint density at radius 2 is 2.10 bits per heavy atom. The summed E-state index contributed by atoms with van der Waals surface area (Å²) >= 11 is 3.52. The van der Waals surface area contributed by atoms with Gasteiger partial charge in [-0.2, -0.15) is 10.1 Å². The van der Waals surface area contributed by atoms with Gasteiger partial charge in [0.05, 0.1) is 11.1 Å². The van der Waals surface area contributed by atoms with E-state index in [1.54, 1.807) is 0 Å². The molecule has 0 bridgehead atoms. The summed E-state index contributed by atoms with van der Waals surface area (Å²) < 4.78 is 2.80. The standard InChI is InChI=1S/C20H24BrN7O.ClH/c1-3-9-28-11-14-17(16-13-10-12(21)5-6-15(13)24-19(16)29)25-20(26-18(14)27-28)23-8-4-7-22-2;/h5-6,10-11,16,22H,3-4,7-9H2,1-2H3,(H,24,29)(H,23,26,27);1H. The van der Waals surface area contributed by atoms with Crippen LogP contribution < -0.4 is 16.0 Å². The summed E-state index contributed by atoms with van der Waals surface area (Å²) in [6, 6.07) is 5.81. The molecule has 0 radical (unpaired) electrons. The first-order chi connectivity index (χ1) is 14.1. The Hall–Kier alpha value is -2.23. The van der Waals surface area contributed by atoms with Gasteiger partial charge < -0.3 is 16.0 Å². The van der Waals surface area contributed by atoms with Crippen LogP contribution in [0.25, 0.3) is 11.0 Å². The van der Waals surface area contributed by atoms with Crippen LogP contribution in [0.4, 0.5) is 11.6 Å². The van der Waals surface area contributed by atoms with Crippen LogP contribution in [-0.4, -0.2) is 45.8 Å². The number of hydrogen-bond donors (Lipinski definition) is 3. The molecule has 3 N–H and O–H groups in total. The Labute approximate surface area is 189 Å². The van der Waals surface area contributed by atoms with E-state index in [4.69, 9.17) is 4.98 Å². The Bertz CT molecular complexity index is 1060. The number of aromatic nitrogens is 4. The highest BCUT2D eigenvalue weighted by Gasteiger charge is 2.35. The van der Waals surface area contributed by atoms with Crippen molar-refractivity contribution in [2.75, 3.05) is 30.8 Å². The average Bonchev–Trinajstić information content (AvgIpc) is 3.24. The third kappa shape index (κ3) is 4.43. The number of aryl methyl sites for hydroxylation is 1. The topological polar surface area (TPSA) is 96.8 Å². The lowest BCUT2D eigenvalue weighted by atomic mass is 9.95. The number of carbonyl (C=O) groups excluding carboxylic acids is 1. The van der Waals surface area contributed by atoms with Gasteiger partial charge in [-0.3, -0.25) is 9.48 Å². The summed E-state index contributed by atoms with van der Waals surface area (Å²) in [6.45, 7) is 4.53. The van der Waals surface area contributed by atoms with Crippen molar-refractivity contribution in [2.45, 2.75) is 32.2 Å². The van der Waals surface area contributed by atoms with Gasteiger partial charge in [0, 0.05) is 29.4 Å². The van der Waals surface area contributed by atoms with E-state index in [0.717, 1.165) is 53.6 Å². The number of fused-ring (bicyclic) bond motifs is 2. The van der Waals surface area contributed by atoms with Gasteiger partial charge in [-0.1, -0.05) is 22.9 Å². The number of nitrogens with zero attached hydrogens (tertiary/aromatic N) is 4. The van der Waals surface area contributed by atoms with E-state index < -0.39 is 5.92 Å². The Kier molecular flexibility index (Phi) is 7.27. The zero-order valence-electron chi connectivity index (χ0n) is 16.9. The average molecular weight is 495 g/mol. The molecule has 1 aliphatic heterocycles. The van der Waals surface area contributed by atoms with Gasteiger partial charge in [0.1, 0.15) is 5.92 Å². The first-order valence-electron chi connectivity index (χ1n) is 9.84. The van der Waals surface area contributed by atoms with Crippen LogP contribution in [0.3, 0.4) is 0 Å². The Balaban J connectivity index is 0.00000256. The molecule has 160 valence electrons. The third-order valence-electron chi connectivity index (χ3n) is 4.91. The Morgan fingerprint density at radius 1 is 1.27 bits per heavy atom. The third-order valence-corrected chi connectivity index (χ3v) is 5.41. The minimum atomic E-state index is -0.495. The molecule has 0 fully saturated rings. The van der Waals surface area contributed by atoms with Gasteiger partial charge in [0.25, 0.3) is 0 Å². The molecule has 2 aromatic heterocycles. The van der Waals surface area contributed by atoms with Crippen molar-refractivity contribution in [2.24, 2.45) is 0 Å². The van der Waals surface area contributed by atoms with Crippen LogP contribution in [0.5, 0.6) is 0 Å². The lowest BCUT2D eigenvalue weighted by Gasteiger charge is -2.12. The minimum absolute atomic E-state index is 0.